The number of hydrogen-bond acceptors (Lipinski definition) is 5. The number of pyridine rings is 2. The second kappa shape index (κ2) is 5.42. The molecule has 0 bridgehead atoms. The largest absolute Gasteiger partial charge is 0.343 e. The van der Waals surface area contributed by atoms with E-state index in [4.69, 9.17) is 0 Å². The normalized spacial score (nSPS) is 15.5. The molecule has 1 N–H and O–H groups in total. The fraction of sp³-hybridized carbons (Fsp3) is 0.312. The fourth-order valence-electron chi connectivity index (χ4n) is 2.70. The molecule has 3 aromatic heterocycles. The van der Waals surface area contributed by atoms with Crippen LogP contribution in [-0.2, 0) is 0 Å². The van der Waals surface area contributed by atoms with E-state index in [-0.39, 0.29) is 11.9 Å². The molecule has 3 aromatic rings. The Labute approximate surface area is 132 Å². The van der Waals surface area contributed by atoms with Gasteiger partial charge in [0.05, 0.1) is 11.7 Å². The van der Waals surface area contributed by atoms with Crippen molar-refractivity contribution < 1.29 is 4.79 Å². The second-order valence-electron chi connectivity index (χ2n) is 5.94. The molecular weight excluding hydrogens is 292 g/mol. The van der Waals surface area contributed by atoms with Crippen molar-refractivity contribution in [2.24, 2.45) is 5.92 Å². The number of aromatic nitrogens is 5. The van der Waals surface area contributed by atoms with Crippen LogP contribution in [0.5, 0.6) is 0 Å². The molecule has 1 fully saturated rings. The van der Waals surface area contributed by atoms with E-state index in [1.165, 1.54) is 4.52 Å². The number of amides is 1. The summed E-state index contributed by atoms with van der Waals surface area (Å²) >= 11 is 0. The van der Waals surface area contributed by atoms with Gasteiger partial charge in [-0.1, -0.05) is 0 Å². The van der Waals surface area contributed by atoms with Gasteiger partial charge in [0, 0.05) is 18.0 Å². The molecule has 0 saturated heterocycles. The maximum Gasteiger partial charge on any atom is 0.252 e. The molecule has 1 atom stereocenters. The van der Waals surface area contributed by atoms with Gasteiger partial charge in [-0.2, -0.15) is 0 Å². The minimum absolute atomic E-state index is 0.0466. The highest BCUT2D eigenvalue weighted by Crippen LogP contribution is 2.40. The second-order valence-corrected chi connectivity index (χ2v) is 5.94. The number of carbonyl (C=O) groups excluding carboxylic acids is 1. The van der Waals surface area contributed by atoms with Crippen LogP contribution in [0.2, 0.25) is 0 Å². The van der Waals surface area contributed by atoms with Crippen LogP contribution in [0.1, 0.15) is 40.5 Å². The monoisotopic (exact) mass is 308 g/mol. The number of fused-ring (bicyclic) bond motifs is 1. The molecule has 1 aliphatic rings. The zero-order chi connectivity index (χ0) is 15.8. The lowest BCUT2D eigenvalue weighted by atomic mass is 10.1. The minimum atomic E-state index is -0.129. The van der Waals surface area contributed by atoms with Crippen molar-refractivity contribution in [3.8, 4) is 0 Å². The average Bonchev–Trinajstić information content (AvgIpc) is 3.28. The molecule has 1 saturated carbocycles. The SMILES string of the molecule is Cc1ccnc([C@H](NC(=O)c2ccn3nnnc3c2)C2CC2)c1. The third-order valence-electron chi connectivity index (χ3n) is 4.10. The molecule has 23 heavy (non-hydrogen) atoms. The molecule has 0 aromatic carbocycles. The summed E-state index contributed by atoms with van der Waals surface area (Å²) < 4.78 is 1.53. The van der Waals surface area contributed by atoms with Crippen molar-refractivity contribution in [2.45, 2.75) is 25.8 Å². The van der Waals surface area contributed by atoms with Crippen molar-refractivity contribution in [2.75, 3.05) is 0 Å². The van der Waals surface area contributed by atoms with Crippen LogP contribution in [0.4, 0.5) is 0 Å². The summed E-state index contributed by atoms with van der Waals surface area (Å²) in [6, 6.07) is 7.35. The van der Waals surface area contributed by atoms with E-state index >= 15 is 0 Å². The van der Waals surface area contributed by atoms with Crippen molar-refractivity contribution in [1.82, 2.24) is 30.3 Å². The minimum Gasteiger partial charge on any atom is -0.343 e. The highest BCUT2D eigenvalue weighted by Gasteiger charge is 2.34. The summed E-state index contributed by atoms with van der Waals surface area (Å²) in [5.74, 6) is 0.336. The number of carbonyl (C=O) groups is 1. The quantitative estimate of drug-likeness (QED) is 0.793. The number of tetrazole rings is 1. The Balaban J connectivity index is 1.60. The zero-order valence-electron chi connectivity index (χ0n) is 12.7. The van der Waals surface area contributed by atoms with Crippen molar-refractivity contribution >= 4 is 11.6 Å². The van der Waals surface area contributed by atoms with Crippen molar-refractivity contribution in [1.29, 1.82) is 0 Å². The van der Waals surface area contributed by atoms with Crippen molar-refractivity contribution in [3.05, 3.63) is 53.5 Å². The van der Waals surface area contributed by atoms with Gasteiger partial charge >= 0.3 is 0 Å². The Kier molecular flexibility index (Phi) is 3.25. The molecule has 7 nitrogen and oxygen atoms in total. The van der Waals surface area contributed by atoms with Gasteiger partial charge in [-0.15, -0.1) is 5.10 Å². The van der Waals surface area contributed by atoms with E-state index in [1.807, 2.05) is 19.1 Å². The molecule has 4 rings (SSSR count). The molecule has 1 amide bonds. The van der Waals surface area contributed by atoms with E-state index in [9.17, 15) is 4.79 Å². The summed E-state index contributed by atoms with van der Waals surface area (Å²) in [6.45, 7) is 2.03. The Hall–Kier alpha value is -2.83. The van der Waals surface area contributed by atoms with E-state index in [0.717, 1.165) is 24.1 Å². The van der Waals surface area contributed by atoms with Crippen LogP contribution in [0, 0.1) is 12.8 Å². The van der Waals surface area contributed by atoms with Gasteiger partial charge in [0.25, 0.3) is 5.91 Å². The molecule has 7 heteroatoms. The Morgan fingerprint density at radius 3 is 3.00 bits per heavy atom. The summed E-state index contributed by atoms with van der Waals surface area (Å²) in [5, 5.41) is 14.4. The van der Waals surface area contributed by atoms with Gasteiger partial charge in [-0.05, 0) is 65.9 Å². The summed E-state index contributed by atoms with van der Waals surface area (Å²) in [5.41, 5.74) is 3.16. The standard InChI is InChI=1S/C16H16N6O/c1-10-4-6-17-13(8-10)15(11-2-3-11)18-16(23)12-5-7-22-14(9-12)19-20-21-22/h4-9,11,15H,2-3H2,1H3,(H,18,23)/t15-/m1/s1. The topological polar surface area (TPSA) is 85.1 Å². The Morgan fingerprint density at radius 1 is 1.35 bits per heavy atom. The maximum absolute atomic E-state index is 12.6. The third-order valence-corrected chi connectivity index (χ3v) is 4.10. The van der Waals surface area contributed by atoms with Crippen LogP contribution in [0.3, 0.4) is 0 Å². The first-order valence-electron chi connectivity index (χ1n) is 7.62. The van der Waals surface area contributed by atoms with Gasteiger partial charge in [0.1, 0.15) is 0 Å². The molecule has 0 spiro atoms. The van der Waals surface area contributed by atoms with E-state index < -0.39 is 0 Å². The number of aryl methyl sites for hydroxylation is 1. The summed E-state index contributed by atoms with van der Waals surface area (Å²) in [4.78, 5) is 17.0. The fourth-order valence-corrected chi connectivity index (χ4v) is 2.70. The summed E-state index contributed by atoms with van der Waals surface area (Å²) in [7, 11) is 0. The lowest BCUT2D eigenvalue weighted by Gasteiger charge is -2.18. The van der Waals surface area contributed by atoms with Gasteiger partial charge in [-0.3, -0.25) is 9.78 Å². The van der Waals surface area contributed by atoms with Gasteiger partial charge < -0.3 is 5.32 Å². The lowest BCUT2D eigenvalue weighted by Crippen LogP contribution is -2.30. The first kappa shape index (κ1) is 13.8. The molecule has 0 aliphatic heterocycles. The van der Waals surface area contributed by atoms with E-state index in [0.29, 0.717) is 17.1 Å². The van der Waals surface area contributed by atoms with Crippen LogP contribution in [0.25, 0.3) is 5.65 Å². The molecular formula is C16H16N6O. The first-order chi connectivity index (χ1) is 11.2. The van der Waals surface area contributed by atoms with Gasteiger partial charge in [0.2, 0.25) is 0 Å². The van der Waals surface area contributed by atoms with Crippen molar-refractivity contribution in [3.63, 3.8) is 0 Å². The molecule has 3 heterocycles. The van der Waals surface area contributed by atoms with Crippen LogP contribution in [-0.4, -0.2) is 30.9 Å². The Morgan fingerprint density at radius 2 is 2.22 bits per heavy atom. The van der Waals surface area contributed by atoms with Gasteiger partial charge in [0.15, 0.2) is 5.65 Å². The van der Waals surface area contributed by atoms with E-state index in [2.05, 4.69) is 25.8 Å². The Bertz CT molecular complexity index is 870. The molecule has 0 unspecified atom stereocenters. The third kappa shape index (κ3) is 2.77. The highest BCUT2D eigenvalue weighted by atomic mass is 16.1. The number of nitrogens with zero attached hydrogens (tertiary/aromatic N) is 5. The van der Waals surface area contributed by atoms with Crippen LogP contribution < -0.4 is 5.32 Å². The van der Waals surface area contributed by atoms with Gasteiger partial charge in [-0.25, -0.2) is 4.52 Å². The van der Waals surface area contributed by atoms with Crippen LogP contribution >= 0.6 is 0 Å². The average molecular weight is 308 g/mol. The highest BCUT2D eigenvalue weighted by molar-refractivity contribution is 5.95. The van der Waals surface area contributed by atoms with Crippen LogP contribution in [0.15, 0.2) is 36.7 Å². The lowest BCUT2D eigenvalue weighted by molar-refractivity contribution is 0.0930. The number of hydrogen-bond donors (Lipinski definition) is 1. The zero-order valence-corrected chi connectivity index (χ0v) is 12.7. The number of rotatable bonds is 4. The first-order valence-corrected chi connectivity index (χ1v) is 7.62. The summed E-state index contributed by atoms with van der Waals surface area (Å²) in [6.07, 6.45) is 5.71. The molecule has 0 radical (unpaired) electrons. The van der Waals surface area contributed by atoms with E-state index in [1.54, 1.807) is 24.5 Å². The smallest absolute Gasteiger partial charge is 0.252 e. The predicted octanol–water partition coefficient (Wildman–Crippen LogP) is 1.71. The molecule has 116 valence electrons. The number of nitrogens with one attached hydrogen (secondary N) is 1. The molecule has 1 aliphatic carbocycles. The maximum atomic E-state index is 12.6. The predicted molar refractivity (Wildman–Crippen MR) is 82.7 cm³/mol.